The molecule has 0 saturated heterocycles. The highest BCUT2D eigenvalue weighted by Gasteiger charge is 2.08. The summed E-state index contributed by atoms with van der Waals surface area (Å²) < 4.78 is 6.19. The fourth-order valence-corrected chi connectivity index (χ4v) is 2.46. The molecule has 0 radical (unpaired) electrons. The maximum absolute atomic E-state index is 12.0. The number of hydrogen-bond acceptors (Lipinski definition) is 2. The number of aryl methyl sites for hydroxylation is 1. The molecule has 0 aliphatic carbocycles. The van der Waals surface area contributed by atoms with Gasteiger partial charge in [0.1, 0.15) is 5.75 Å². The fourth-order valence-electron chi connectivity index (χ4n) is 1.89. The van der Waals surface area contributed by atoms with Gasteiger partial charge in [-0.05, 0) is 42.3 Å². The highest BCUT2D eigenvalue weighted by molar-refractivity contribution is 9.10. The zero-order chi connectivity index (χ0) is 16.1. The fraction of sp³-hybridized carbons (Fsp3) is 0.118. The summed E-state index contributed by atoms with van der Waals surface area (Å²) in [6, 6.07) is 11.2. The first-order chi connectivity index (χ1) is 10.5. The number of methoxy groups -OCH3 is 1. The van der Waals surface area contributed by atoms with Gasteiger partial charge in [-0.25, -0.2) is 0 Å². The number of carbonyl (C=O) groups excluding carboxylic acids is 1. The van der Waals surface area contributed by atoms with Gasteiger partial charge in [-0.15, -0.1) is 0 Å². The van der Waals surface area contributed by atoms with Crippen LogP contribution in [0.2, 0.25) is 5.02 Å². The van der Waals surface area contributed by atoms with Crippen LogP contribution < -0.4 is 10.1 Å². The highest BCUT2D eigenvalue weighted by atomic mass is 79.9. The van der Waals surface area contributed by atoms with Crippen molar-refractivity contribution < 1.29 is 9.53 Å². The van der Waals surface area contributed by atoms with Gasteiger partial charge >= 0.3 is 0 Å². The average molecular weight is 381 g/mol. The van der Waals surface area contributed by atoms with E-state index in [2.05, 4.69) is 21.2 Å². The molecule has 0 saturated carbocycles. The third-order valence-corrected chi connectivity index (χ3v) is 3.91. The van der Waals surface area contributed by atoms with Gasteiger partial charge < -0.3 is 10.1 Å². The second kappa shape index (κ2) is 7.47. The van der Waals surface area contributed by atoms with Crippen LogP contribution in [0.15, 0.2) is 46.9 Å². The first-order valence-corrected chi connectivity index (χ1v) is 7.75. The summed E-state index contributed by atoms with van der Waals surface area (Å²) in [5, 5.41) is 3.39. The van der Waals surface area contributed by atoms with E-state index in [0.29, 0.717) is 16.5 Å². The molecule has 5 heteroatoms. The molecule has 2 aromatic rings. The zero-order valence-electron chi connectivity index (χ0n) is 12.2. The average Bonchev–Trinajstić information content (AvgIpc) is 2.49. The van der Waals surface area contributed by atoms with Gasteiger partial charge in [0, 0.05) is 21.6 Å². The van der Waals surface area contributed by atoms with Gasteiger partial charge in [0.15, 0.2) is 0 Å². The topological polar surface area (TPSA) is 38.3 Å². The van der Waals surface area contributed by atoms with E-state index in [4.69, 9.17) is 16.3 Å². The molecule has 0 spiro atoms. The molecule has 0 aliphatic heterocycles. The molecule has 0 aliphatic rings. The molecule has 0 atom stereocenters. The van der Waals surface area contributed by atoms with Crippen molar-refractivity contribution in [3.05, 3.63) is 63.1 Å². The van der Waals surface area contributed by atoms with Crippen molar-refractivity contribution in [2.24, 2.45) is 0 Å². The van der Waals surface area contributed by atoms with E-state index in [0.717, 1.165) is 15.6 Å². The van der Waals surface area contributed by atoms with Crippen molar-refractivity contribution in [1.29, 1.82) is 0 Å². The molecule has 0 aromatic heterocycles. The predicted octanol–water partition coefficient (Wildman–Crippen LogP) is 5.07. The van der Waals surface area contributed by atoms with Crippen LogP contribution in [0.1, 0.15) is 11.1 Å². The quantitative estimate of drug-likeness (QED) is 0.752. The Morgan fingerprint density at radius 3 is 2.77 bits per heavy atom. The van der Waals surface area contributed by atoms with Crippen LogP contribution in [-0.2, 0) is 4.79 Å². The van der Waals surface area contributed by atoms with Crippen molar-refractivity contribution in [2.75, 3.05) is 12.4 Å². The Balaban J connectivity index is 2.14. The summed E-state index contributed by atoms with van der Waals surface area (Å²) in [6.07, 6.45) is 3.22. The van der Waals surface area contributed by atoms with E-state index >= 15 is 0 Å². The minimum Gasteiger partial charge on any atom is -0.495 e. The number of rotatable bonds is 4. The van der Waals surface area contributed by atoms with E-state index in [1.165, 1.54) is 13.2 Å². The van der Waals surface area contributed by atoms with Gasteiger partial charge in [0.25, 0.3) is 0 Å². The highest BCUT2D eigenvalue weighted by Crippen LogP contribution is 2.30. The molecular weight excluding hydrogens is 366 g/mol. The summed E-state index contributed by atoms with van der Waals surface area (Å²) in [4.78, 5) is 12.0. The van der Waals surface area contributed by atoms with Crippen LogP contribution in [0.4, 0.5) is 5.69 Å². The van der Waals surface area contributed by atoms with Gasteiger partial charge in [0.2, 0.25) is 5.91 Å². The summed E-state index contributed by atoms with van der Waals surface area (Å²) in [5.74, 6) is 0.291. The minimum absolute atomic E-state index is 0.236. The molecule has 2 aromatic carbocycles. The summed E-state index contributed by atoms with van der Waals surface area (Å²) in [7, 11) is 1.54. The second-order valence-electron chi connectivity index (χ2n) is 4.68. The number of hydrogen-bond donors (Lipinski definition) is 1. The van der Waals surface area contributed by atoms with Crippen LogP contribution in [0.25, 0.3) is 6.08 Å². The molecule has 1 N–H and O–H groups in total. The molecule has 3 nitrogen and oxygen atoms in total. The molecule has 0 heterocycles. The van der Waals surface area contributed by atoms with Crippen molar-refractivity contribution in [2.45, 2.75) is 6.92 Å². The first-order valence-electron chi connectivity index (χ1n) is 6.58. The van der Waals surface area contributed by atoms with Gasteiger partial charge in [-0.1, -0.05) is 39.7 Å². The lowest BCUT2D eigenvalue weighted by Gasteiger charge is -2.11. The van der Waals surface area contributed by atoms with Crippen LogP contribution in [0.5, 0.6) is 5.75 Å². The van der Waals surface area contributed by atoms with Crippen molar-refractivity contribution in [1.82, 2.24) is 0 Å². The number of ether oxygens (including phenoxy) is 1. The molecule has 0 bridgehead atoms. The Hall–Kier alpha value is -1.78. The molecule has 114 valence electrons. The second-order valence-corrected chi connectivity index (χ2v) is 6.00. The minimum atomic E-state index is -0.236. The molecule has 0 unspecified atom stereocenters. The maximum atomic E-state index is 12.0. The van der Waals surface area contributed by atoms with E-state index in [-0.39, 0.29) is 5.91 Å². The Kier molecular flexibility index (Phi) is 5.63. The number of benzene rings is 2. The van der Waals surface area contributed by atoms with Crippen LogP contribution in [-0.4, -0.2) is 13.0 Å². The predicted molar refractivity (Wildman–Crippen MR) is 94.5 cm³/mol. The van der Waals surface area contributed by atoms with Gasteiger partial charge in [-0.2, -0.15) is 0 Å². The Labute approximate surface area is 143 Å². The van der Waals surface area contributed by atoms with E-state index in [1.807, 2.05) is 31.2 Å². The maximum Gasteiger partial charge on any atom is 0.248 e. The van der Waals surface area contributed by atoms with Crippen molar-refractivity contribution >= 4 is 45.2 Å². The van der Waals surface area contributed by atoms with Crippen molar-refractivity contribution in [3.63, 3.8) is 0 Å². The molecule has 22 heavy (non-hydrogen) atoms. The third-order valence-electron chi connectivity index (χ3n) is 3.01. The molecule has 2 rings (SSSR count). The number of amides is 1. The third kappa shape index (κ3) is 4.36. The standard InChI is InChI=1S/C17H15BrClNO2/c1-11-8-15(16(22-2)10-14(11)19)20-17(21)7-6-12-4-3-5-13(18)9-12/h3-10H,1-2H3,(H,20,21)/b7-6+. The Morgan fingerprint density at radius 1 is 1.32 bits per heavy atom. The van der Waals surface area contributed by atoms with E-state index in [9.17, 15) is 4.79 Å². The first kappa shape index (κ1) is 16.6. The van der Waals surface area contributed by atoms with Crippen molar-refractivity contribution in [3.8, 4) is 5.75 Å². The van der Waals surface area contributed by atoms with E-state index < -0.39 is 0 Å². The van der Waals surface area contributed by atoms with Crippen LogP contribution in [0, 0.1) is 6.92 Å². The van der Waals surface area contributed by atoms with Gasteiger partial charge in [0.05, 0.1) is 12.8 Å². The van der Waals surface area contributed by atoms with Crippen LogP contribution >= 0.6 is 27.5 Å². The largest absolute Gasteiger partial charge is 0.495 e. The van der Waals surface area contributed by atoms with E-state index in [1.54, 1.807) is 18.2 Å². The summed E-state index contributed by atoms with van der Waals surface area (Å²) in [6.45, 7) is 1.87. The number of nitrogens with one attached hydrogen (secondary N) is 1. The molecule has 1 amide bonds. The zero-order valence-corrected chi connectivity index (χ0v) is 14.5. The number of anilines is 1. The monoisotopic (exact) mass is 379 g/mol. The van der Waals surface area contributed by atoms with Crippen LogP contribution in [0.3, 0.4) is 0 Å². The summed E-state index contributed by atoms with van der Waals surface area (Å²) in [5.41, 5.74) is 2.39. The lowest BCUT2D eigenvalue weighted by molar-refractivity contribution is -0.111. The Morgan fingerprint density at radius 2 is 2.09 bits per heavy atom. The normalized spacial score (nSPS) is 10.7. The summed E-state index contributed by atoms with van der Waals surface area (Å²) >= 11 is 9.44. The molecular formula is C17H15BrClNO2. The number of carbonyl (C=O) groups is 1. The lowest BCUT2D eigenvalue weighted by atomic mass is 10.2. The lowest BCUT2D eigenvalue weighted by Crippen LogP contribution is -2.09. The SMILES string of the molecule is COc1cc(Cl)c(C)cc1NC(=O)/C=C/c1cccc(Br)c1. The number of halogens is 2. The van der Waals surface area contributed by atoms with Gasteiger partial charge in [-0.3, -0.25) is 4.79 Å². The Bertz CT molecular complexity index is 729. The smallest absolute Gasteiger partial charge is 0.248 e. The molecule has 0 fully saturated rings.